The molecule has 0 spiro atoms. The lowest BCUT2D eigenvalue weighted by molar-refractivity contribution is -0.119. The predicted molar refractivity (Wildman–Crippen MR) is 106 cm³/mol. The molecule has 0 aromatic heterocycles. The summed E-state index contributed by atoms with van der Waals surface area (Å²) in [6.07, 6.45) is 0.819. The highest BCUT2D eigenvalue weighted by Crippen LogP contribution is 2.13. The zero-order valence-electron chi connectivity index (χ0n) is 12.9. The first-order chi connectivity index (χ1) is 10.6. The number of carbonyl (C=O) groups is 1. The Morgan fingerprint density at radius 1 is 1.22 bits per heavy atom. The molecule has 1 heterocycles. The minimum absolute atomic E-state index is 0. The number of rotatable bonds is 6. The van der Waals surface area contributed by atoms with Crippen LogP contribution in [0.1, 0.15) is 5.56 Å². The molecule has 1 fully saturated rings. The number of benzene rings is 1. The average Bonchev–Trinajstić information content (AvgIpc) is 2.55. The fourth-order valence-electron chi connectivity index (χ4n) is 2.10. The molecule has 0 bridgehead atoms. The number of hydrogen-bond donors (Lipinski definition) is 2. The zero-order chi connectivity index (χ0) is 15.8. The molecule has 2 rings (SSSR count). The summed E-state index contributed by atoms with van der Waals surface area (Å²) >= 11 is 1.95. The van der Waals surface area contributed by atoms with Crippen LogP contribution in [0.15, 0.2) is 29.3 Å². The van der Waals surface area contributed by atoms with Crippen LogP contribution in [0, 0.1) is 0 Å². The zero-order valence-corrected chi connectivity index (χ0v) is 16.1. The topological polar surface area (TPSA) is 93.9 Å². The quantitative estimate of drug-likeness (QED) is 0.384. The summed E-state index contributed by atoms with van der Waals surface area (Å²) in [4.78, 5) is 17.2. The summed E-state index contributed by atoms with van der Waals surface area (Å²) in [6.45, 7) is 2.52. The van der Waals surface area contributed by atoms with Crippen LogP contribution in [0.4, 0.5) is 0 Å². The largest absolute Gasteiger partial charge is 0.484 e. The van der Waals surface area contributed by atoms with Crippen LogP contribution in [0.2, 0.25) is 0 Å². The van der Waals surface area contributed by atoms with E-state index in [1.165, 1.54) is 0 Å². The Balaban J connectivity index is 0.00000264. The lowest BCUT2D eigenvalue weighted by atomic mass is 10.1. The smallest absolute Gasteiger partial charge is 0.255 e. The van der Waals surface area contributed by atoms with E-state index in [0.717, 1.165) is 36.6 Å². The summed E-state index contributed by atoms with van der Waals surface area (Å²) < 4.78 is 5.21. The van der Waals surface area contributed by atoms with Gasteiger partial charge in [-0.05, 0) is 24.1 Å². The standard InChI is InChI=1S/C15H22N4O2S.HI/c16-14(20)11-21-13-3-1-12(2-4-13)5-6-18-15(17)19-7-9-22-10-8-19;/h1-4H,5-11H2,(H2,16,20)(H2,17,18);1H. The Morgan fingerprint density at radius 2 is 1.87 bits per heavy atom. The van der Waals surface area contributed by atoms with E-state index in [1.54, 1.807) is 0 Å². The third-order valence-corrected chi connectivity index (χ3v) is 4.26. The van der Waals surface area contributed by atoms with Gasteiger partial charge < -0.3 is 21.1 Å². The van der Waals surface area contributed by atoms with E-state index in [-0.39, 0.29) is 30.6 Å². The summed E-state index contributed by atoms with van der Waals surface area (Å²) in [6, 6.07) is 7.57. The monoisotopic (exact) mass is 450 g/mol. The molecule has 0 atom stereocenters. The third kappa shape index (κ3) is 7.30. The molecule has 23 heavy (non-hydrogen) atoms. The molecular weight excluding hydrogens is 427 g/mol. The van der Waals surface area contributed by atoms with Crippen LogP contribution >= 0.6 is 35.7 Å². The highest BCUT2D eigenvalue weighted by Gasteiger charge is 2.11. The molecule has 1 aliphatic heterocycles. The SMILES string of the molecule is I.NC(=O)COc1ccc(CCN=C(N)N2CCSCC2)cc1. The van der Waals surface area contributed by atoms with Crippen molar-refractivity contribution in [3.05, 3.63) is 29.8 Å². The molecule has 4 N–H and O–H groups in total. The molecule has 1 aromatic carbocycles. The van der Waals surface area contributed by atoms with Crippen LogP contribution in [0.25, 0.3) is 0 Å². The van der Waals surface area contributed by atoms with Crippen molar-refractivity contribution in [2.75, 3.05) is 37.7 Å². The van der Waals surface area contributed by atoms with Crippen molar-refractivity contribution in [3.8, 4) is 5.75 Å². The van der Waals surface area contributed by atoms with Gasteiger partial charge in [-0.25, -0.2) is 0 Å². The molecule has 1 aliphatic rings. The summed E-state index contributed by atoms with van der Waals surface area (Å²) in [5, 5.41) is 0. The third-order valence-electron chi connectivity index (χ3n) is 3.31. The van der Waals surface area contributed by atoms with Gasteiger partial charge in [-0.2, -0.15) is 11.8 Å². The fourth-order valence-corrected chi connectivity index (χ4v) is 3.00. The van der Waals surface area contributed by atoms with Crippen LogP contribution in [-0.2, 0) is 11.2 Å². The summed E-state index contributed by atoms with van der Waals surface area (Å²) in [5.74, 6) is 3.02. The van der Waals surface area contributed by atoms with Crippen LogP contribution in [0.5, 0.6) is 5.75 Å². The van der Waals surface area contributed by atoms with E-state index in [0.29, 0.717) is 18.3 Å². The number of aliphatic imine (C=N–C) groups is 1. The van der Waals surface area contributed by atoms with Crippen LogP contribution in [0.3, 0.4) is 0 Å². The number of ether oxygens (including phenoxy) is 1. The molecular formula is C15H23IN4O2S. The molecule has 1 aromatic rings. The minimum Gasteiger partial charge on any atom is -0.484 e. The molecule has 0 unspecified atom stereocenters. The number of nitrogens with two attached hydrogens (primary N) is 2. The van der Waals surface area contributed by atoms with Gasteiger partial charge in [0.2, 0.25) is 0 Å². The number of primary amides is 1. The highest BCUT2D eigenvalue weighted by molar-refractivity contribution is 14.0. The van der Waals surface area contributed by atoms with Gasteiger partial charge in [0.25, 0.3) is 5.91 Å². The van der Waals surface area contributed by atoms with E-state index in [4.69, 9.17) is 16.2 Å². The van der Waals surface area contributed by atoms with Crippen molar-refractivity contribution in [2.24, 2.45) is 16.5 Å². The normalized spacial score (nSPS) is 15.0. The maximum atomic E-state index is 10.6. The van der Waals surface area contributed by atoms with E-state index >= 15 is 0 Å². The molecule has 1 saturated heterocycles. The van der Waals surface area contributed by atoms with Gasteiger partial charge in [-0.15, -0.1) is 24.0 Å². The lowest BCUT2D eigenvalue weighted by Crippen LogP contribution is -2.42. The van der Waals surface area contributed by atoms with Gasteiger partial charge in [-0.1, -0.05) is 12.1 Å². The first-order valence-electron chi connectivity index (χ1n) is 7.28. The van der Waals surface area contributed by atoms with Gasteiger partial charge in [-0.3, -0.25) is 9.79 Å². The van der Waals surface area contributed by atoms with Crippen LogP contribution in [-0.4, -0.2) is 54.5 Å². The van der Waals surface area contributed by atoms with Crippen molar-refractivity contribution in [1.29, 1.82) is 0 Å². The van der Waals surface area contributed by atoms with Crippen molar-refractivity contribution in [2.45, 2.75) is 6.42 Å². The molecule has 6 nitrogen and oxygen atoms in total. The first-order valence-corrected chi connectivity index (χ1v) is 8.43. The van der Waals surface area contributed by atoms with Gasteiger partial charge >= 0.3 is 0 Å². The van der Waals surface area contributed by atoms with E-state index in [9.17, 15) is 4.79 Å². The molecule has 1 amide bonds. The predicted octanol–water partition coefficient (Wildman–Crippen LogP) is 1.07. The number of thioether (sulfide) groups is 1. The lowest BCUT2D eigenvalue weighted by Gasteiger charge is -2.27. The highest BCUT2D eigenvalue weighted by atomic mass is 127. The Morgan fingerprint density at radius 3 is 2.48 bits per heavy atom. The Bertz CT molecular complexity index is 519. The number of hydrogen-bond acceptors (Lipinski definition) is 4. The van der Waals surface area contributed by atoms with Gasteiger partial charge in [0.05, 0.1) is 0 Å². The number of guanidine groups is 1. The summed E-state index contributed by atoms with van der Waals surface area (Å²) in [7, 11) is 0. The van der Waals surface area contributed by atoms with Gasteiger partial charge in [0.15, 0.2) is 12.6 Å². The fraction of sp³-hybridized carbons (Fsp3) is 0.467. The Kier molecular flexibility index (Phi) is 9.15. The number of nitrogens with zero attached hydrogens (tertiary/aromatic N) is 2. The summed E-state index contributed by atoms with van der Waals surface area (Å²) in [5.41, 5.74) is 12.2. The Labute approximate surface area is 158 Å². The second-order valence-electron chi connectivity index (χ2n) is 4.99. The van der Waals surface area contributed by atoms with E-state index < -0.39 is 5.91 Å². The first kappa shape index (κ1) is 19.9. The van der Waals surface area contributed by atoms with Crippen molar-refractivity contribution >= 4 is 47.6 Å². The van der Waals surface area contributed by atoms with E-state index in [1.807, 2.05) is 36.0 Å². The molecule has 0 saturated carbocycles. The molecule has 0 radical (unpaired) electrons. The van der Waals surface area contributed by atoms with Gasteiger partial charge in [0.1, 0.15) is 5.75 Å². The Hall–Kier alpha value is -1.16. The number of amides is 1. The number of halogens is 1. The molecule has 128 valence electrons. The van der Waals surface area contributed by atoms with Crippen molar-refractivity contribution < 1.29 is 9.53 Å². The van der Waals surface area contributed by atoms with E-state index in [2.05, 4.69) is 9.89 Å². The van der Waals surface area contributed by atoms with Crippen molar-refractivity contribution in [3.63, 3.8) is 0 Å². The van der Waals surface area contributed by atoms with Crippen LogP contribution < -0.4 is 16.2 Å². The second kappa shape index (κ2) is 10.6. The molecule has 8 heteroatoms. The molecule has 0 aliphatic carbocycles. The average molecular weight is 450 g/mol. The maximum absolute atomic E-state index is 10.6. The van der Waals surface area contributed by atoms with Crippen molar-refractivity contribution in [1.82, 2.24) is 4.90 Å². The number of carbonyl (C=O) groups excluding carboxylic acids is 1. The van der Waals surface area contributed by atoms with Gasteiger partial charge in [0, 0.05) is 31.1 Å². The maximum Gasteiger partial charge on any atom is 0.255 e. The second-order valence-corrected chi connectivity index (χ2v) is 6.21. The minimum atomic E-state index is -0.481.